The first-order chi connectivity index (χ1) is 9.79. The van der Waals surface area contributed by atoms with Crippen LogP contribution in [0.15, 0.2) is 18.2 Å². The fourth-order valence-corrected chi connectivity index (χ4v) is 2.78. The van der Waals surface area contributed by atoms with Crippen LogP contribution < -0.4 is 10.2 Å². The first-order valence-corrected chi connectivity index (χ1v) is 7.52. The standard InChI is InChI=1S/C15H20ClF3N2/c1-10(2)13-9-21(7-3-6-20-13)14-8-11(15(17,18)19)4-5-12(14)16/h4-5,8,10,13,20H,3,6-7,9H2,1-2H3. The molecule has 0 aromatic heterocycles. The van der Waals surface area contributed by atoms with Crippen molar-refractivity contribution in [2.45, 2.75) is 32.5 Å². The molecule has 1 aromatic carbocycles. The molecule has 21 heavy (non-hydrogen) atoms. The Balaban J connectivity index is 2.30. The van der Waals surface area contributed by atoms with Crippen LogP contribution in [-0.2, 0) is 6.18 Å². The van der Waals surface area contributed by atoms with Gasteiger partial charge in [-0.15, -0.1) is 0 Å². The Kier molecular flexibility index (Phi) is 5.04. The van der Waals surface area contributed by atoms with E-state index in [9.17, 15) is 13.2 Å². The van der Waals surface area contributed by atoms with Gasteiger partial charge < -0.3 is 10.2 Å². The highest BCUT2D eigenvalue weighted by Crippen LogP contribution is 2.35. The van der Waals surface area contributed by atoms with Gasteiger partial charge in [0.25, 0.3) is 0 Å². The van der Waals surface area contributed by atoms with E-state index >= 15 is 0 Å². The van der Waals surface area contributed by atoms with E-state index in [4.69, 9.17) is 11.6 Å². The molecule has 1 aliphatic heterocycles. The molecule has 0 radical (unpaired) electrons. The van der Waals surface area contributed by atoms with E-state index in [1.54, 1.807) is 0 Å². The fourth-order valence-electron chi connectivity index (χ4n) is 2.55. The minimum absolute atomic E-state index is 0.248. The van der Waals surface area contributed by atoms with Crippen molar-refractivity contribution in [1.29, 1.82) is 0 Å². The Labute approximate surface area is 128 Å². The van der Waals surface area contributed by atoms with E-state index < -0.39 is 11.7 Å². The number of nitrogens with zero attached hydrogens (tertiary/aromatic N) is 1. The molecule has 2 rings (SSSR count). The van der Waals surface area contributed by atoms with Crippen LogP contribution in [0.2, 0.25) is 5.02 Å². The van der Waals surface area contributed by atoms with Crippen molar-refractivity contribution in [3.8, 4) is 0 Å². The highest BCUT2D eigenvalue weighted by atomic mass is 35.5. The molecule has 1 unspecified atom stereocenters. The zero-order chi connectivity index (χ0) is 15.6. The molecule has 0 aliphatic carbocycles. The van der Waals surface area contributed by atoms with E-state index in [2.05, 4.69) is 19.2 Å². The van der Waals surface area contributed by atoms with E-state index in [1.165, 1.54) is 6.07 Å². The number of nitrogens with one attached hydrogen (secondary N) is 1. The van der Waals surface area contributed by atoms with Gasteiger partial charge in [-0.25, -0.2) is 0 Å². The van der Waals surface area contributed by atoms with Crippen LogP contribution in [0, 0.1) is 5.92 Å². The summed E-state index contributed by atoms with van der Waals surface area (Å²) in [4.78, 5) is 1.96. The zero-order valence-corrected chi connectivity index (χ0v) is 12.9. The molecule has 0 bridgehead atoms. The molecule has 118 valence electrons. The molecule has 1 aliphatic rings. The molecule has 0 amide bonds. The van der Waals surface area contributed by atoms with Gasteiger partial charge in [-0.1, -0.05) is 25.4 Å². The van der Waals surface area contributed by atoms with Crippen LogP contribution in [0.4, 0.5) is 18.9 Å². The second-order valence-electron chi connectivity index (χ2n) is 5.77. The second kappa shape index (κ2) is 6.44. The van der Waals surface area contributed by atoms with Crippen LogP contribution in [0.3, 0.4) is 0 Å². The number of alkyl halides is 3. The number of rotatable bonds is 2. The summed E-state index contributed by atoms with van der Waals surface area (Å²) in [5.74, 6) is 0.412. The molecule has 1 saturated heterocycles. The lowest BCUT2D eigenvalue weighted by Crippen LogP contribution is -2.41. The third kappa shape index (κ3) is 4.04. The first-order valence-electron chi connectivity index (χ1n) is 7.14. The molecular weight excluding hydrogens is 301 g/mol. The number of benzene rings is 1. The fraction of sp³-hybridized carbons (Fsp3) is 0.600. The molecular formula is C15H20ClF3N2. The maximum absolute atomic E-state index is 12.9. The van der Waals surface area contributed by atoms with Crippen molar-refractivity contribution in [2.24, 2.45) is 5.92 Å². The molecule has 1 N–H and O–H groups in total. The normalized spacial score (nSPS) is 20.7. The molecule has 0 saturated carbocycles. The van der Waals surface area contributed by atoms with Gasteiger partial charge >= 0.3 is 6.18 Å². The predicted molar refractivity (Wildman–Crippen MR) is 79.9 cm³/mol. The number of hydrogen-bond acceptors (Lipinski definition) is 2. The molecule has 6 heteroatoms. The van der Waals surface area contributed by atoms with Gasteiger partial charge in [0, 0.05) is 19.1 Å². The van der Waals surface area contributed by atoms with Crippen LogP contribution >= 0.6 is 11.6 Å². The quantitative estimate of drug-likeness (QED) is 0.879. The molecule has 1 atom stereocenters. The summed E-state index contributed by atoms with van der Waals surface area (Å²) in [6.45, 7) is 6.45. The molecule has 1 heterocycles. The largest absolute Gasteiger partial charge is 0.416 e. The van der Waals surface area contributed by atoms with Crippen molar-refractivity contribution in [2.75, 3.05) is 24.5 Å². The smallest absolute Gasteiger partial charge is 0.369 e. The highest BCUT2D eigenvalue weighted by Gasteiger charge is 2.32. The van der Waals surface area contributed by atoms with E-state index in [0.717, 1.165) is 25.1 Å². The molecule has 1 aromatic rings. The maximum Gasteiger partial charge on any atom is 0.416 e. The number of hydrogen-bond donors (Lipinski definition) is 1. The van der Waals surface area contributed by atoms with E-state index in [-0.39, 0.29) is 6.04 Å². The predicted octanol–water partition coefficient (Wildman–Crippen LogP) is 4.18. The minimum atomic E-state index is -4.35. The van der Waals surface area contributed by atoms with Crippen LogP contribution in [0.5, 0.6) is 0 Å². The van der Waals surface area contributed by atoms with Gasteiger partial charge in [0.1, 0.15) is 0 Å². The van der Waals surface area contributed by atoms with Gasteiger partial charge in [0.05, 0.1) is 16.3 Å². The zero-order valence-electron chi connectivity index (χ0n) is 12.2. The van der Waals surface area contributed by atoms with Gasteiger partial charge in [-0.3, -0.25) is 0 Å². The van der Waals surface area contributed by atoms with Gasteiger partial charge in [-0.2, -0.15) is 13.2 Å². The third-order valence-corrected chi connectivity index (χ3v) is 4.17. The Bertz CT molecular complexity index is 488. The number of halogens is 4. The summed E-state index contributed by atoms with van der Waals surface area (Å²) < 4.78 is 38.6. The maximum atomic E-state index is 12.9. The van der Waals surface area contributed by atoms with Crippen LogP contribution in [0.1, 0.15) is 25.8 Å². The summed E-state index contributed by atoms with van der Waals surface area (Å²) in [7, 11) is 0. The van der Waals surface area contributed by atoms with Crippen molar-refractivity contribution >= 4 is 17.3 Å². The van der Waals surface area contributed by atoms with Gasteiger partial charge in [0.15, 0.2) is 0 Å². The van der Waals surface area contributed by atoms with E-state index in [0.29, 0.717) is 29.7 Å². The van der Waals surface area contributed by atoms with Crippen LogP contribution in [0.25, 0.3) is 0 Å². The molecule has 1 fully saturated rings. The first kappa shape index (κ1) is 16.4. The van der Waals surface area contributed by atoms with E-state index in [1.807, 2.05) is 4.90 Å². The number of anilines is 1. The Morgan fingerprint density at radius 2 is 2.05 bits per heavy atom. The van der Waals surface area contributed by atoms with Gasteiger partial charge in [-0.05, 0) is 37.1 Å². The second-order valence-corrected chi connectivity index (χ2v) is 6.18. The van der Waals surface area contributed by atoms with Crippen molar-refractivity contribution in [1.82, 2.24) is 5.32 Å². The monoisotopic (exact) mass is 320 g/mol. The molecule has 2 nitrogen and oxygen atoms in total. The van der Waals surface area contributed by atoms with Crippen LogP contribution in [-0.4, -0.2) is 25.7 Å². The Hall–Kier alpha value is -0.940. The van der Waals surface area contributed by atoms with Crippen molar-refractivity contribution in [3.63, 3.8) is 0 Å². The lowest BCUT2D eigenvalue weighted by Gasteiger charge is -2.29. The topological polar surface area (TPSA) is 15.3 Å². The summed E-state index contributed by atoms with van der Waals surface area (Å²) in [6.07, 6.45) is -3.46. The minimum Gasteiger partial charge on any atom is -0.369 e. The Morgan fingerprint density at radius 3 is 2.67 bits per heavy atom. The Morgan fingerprint density at radius 1 is 1.33 bits per heavy atom. The van der Waals surface area contributed by atoms with Gasteiger partial charge in [0.2, 0.25) is 0 Å². The third-order valence-electron chi connectivity index (χ3n) is 3.85. The summed E-state index contributed by atoms with van der Waals surface area (Å²) >= 11 is 6.13. The summed E-state index contributed by atoms with van der Waals surface area (Å²) in [5.41, 5.74) is -0.180. The lowest BCUT2D eigenvalue weighted by atomic mass is 10.0. The average Bonchev–Trinajstić information content (AvgIpc) is 2.63. The summed E-state index contributed by atoms with van der Waals surface area (Å²) in [6, 6.07) is 3.77. The highest BCUT2D eigenvalue weighted by molar-refractivity contribution is 6.33. The average molecular weight is 321 g/mol. The van der Waals surface area contributed by atoms with Crippen molar-refractivity contribution < 1.29 is 13.2 Å². The lowest BCUT2D eigenvalue weighted by molar-refractivity contribution is -0.137. The summed E-state index contributed by atoms with van der Waals surface area (Å²) in [5, 5.41) is 3.81. The van der Waals surface area contributed by atoms with Crippen molar-refractivity contribution in [3.05, 3.63) is 28.8 Å². The SMILES string of the molecule is CC(C)C1CN(c2cc(C(F)(F)F)ccc2Cl)CCCN1. The molecule has 0 spiro atoms.